The number of carbonyl (C=O) groups is 1. The van der Waals surface area contributed by atoms with E-state index in [-0.39, 0.29) is 24.3 Å². The summed E-state index contributed by atoms with van der Waals surface area (Å²) in [6, 6.07) is 5.16. The zero-order chi connectivity index (χ0) is 13.8. The highest BCUT2D eigenvalue weighted by Crippen LogP contribution is 2.24. The lowest BCUT2D eigenvalue weighted by atomic mass is 9.98. The van der Waals surface area contributed by atoms with E-state index >= 15 is 0 Å². The Labute approximate surface area is 113 Å². The van der Waals surface area contributed by atoms with E-state index in [9.17, 15) is 9.90 Å². The van der Waals surface area contributed by atoms with Gasteiger partial charge in [-0.05, 0) is 50.3 Å². The van der Waals surface area contributed by atoms with Gasteiger partial charge in [-0.15, -0.1) is 0 Å². The molecule has 1 heterocycles. The second-order valence-corrected chi connectivity index (χ2v) is 5.16. The van der Waals surface area contributed by atoms with Crippen molar-refractivity contribution in [3.63, 3.8) is 0 Å². The predicted molar refractivity (Wildman–Crippen MR) is 73.2 cm³/mol. The molecule has 4 nitrogen and oxygen atoms in total. The zero-order valence-corrected chi connectivity index (χ0v) is 11.3. The molecule has 0 radical (unpaired) electrons. The molecule has 0 bridgehead atoms. The standard InChI is InChI=1S/C15H21NO3/c1-11-5-6-12(10-14(11)18)15(19)16-8-3-2-4-13(16)7-9-17/h5-6,10,13,17-18H,2-4,7-9H2,1H3. The number of phenolic OH excluding ortho intramolecular Hbond substituents is 1. The number of likely N-dealkylation sites (tertiary alicyclic amines) is 1. The average molecular weight is 263 g/mol. The topological polar surface area (TPSA) is 60.8 Å². The van der Waals surface area contributed by atoms with Crippen molar-refractivity contribution >= 4 is 5.91 Å². The van der Waals surface area contributed by atoms with Crippen molar-refractivity contribution < 1.29 is 15.0 Å². The second-order valence-electron chi connectivity index (χ2n) is 5.16. The van der Waals surface area contributed by atoms with Crippen LogP contribution < -0.4 is 0 Å². The number of carbonyl (C=O) groups excluding carboxylic acids is 1. The van der Waals surface area contributed by atoms with Crippen LogP contribution in [0.15, 0.2) is 18.2 Å². The van der Waals surface area contributed by atoms with Crippen LogP contribution in [0.5, 0.6) is 5.75 Å². The Hall–Kier alpha value is -1.55. The molecule has 1 fully saturated rings. The van der Waals surface area contributed by atoms with Crippen LogP contribution in [0.2, 0.25) is 0 Å². The van der Waals surface area contributed by atoms with Gasteiger partial charge in [-0.3, -0.25) is 4.79 Å². The molecule has 2 rings (SSSR count). The SMILES string of the molecule is Cc1ccc(C(=O)N2CCCCC2CCO)cc1O. The Morgan fingerprint density at radius 2 is 2.21 bits per heavy atom. The number of hydrogen-bond acceptors (Lipinski definition) is 3. The fourth-order valence-corrected chi connectivity index (χ4v) is 2.63. The van der Waals surface area contributed by atoms with Crippen molar-refractivity contribution in [1.29, 1.82) is 0 Å². The summed E-state index contributed by atoms with van der Waals surface area (Å²) >= 11 is 0. The number of aromatic hydroxyl groups is 1. The molecule has 1 aromatic rings. The summed E-state index contributed by atoms with van der Waals surface area (Å²) in [6.07, 6.45) is 3.69. The Morgan fingerprint density at radius 1 is 1.42 bits per heavy atom. The van der Waals surface area contributed by atoms with E-state index in [1.807, 2.05) is 4.90 Å². The lowest BCUT2D eigenvalue weighted by Gasteiger charge is -2.35. The minimum absolute atomic E-state index is 0.0477. The predicted octanol–water partition coefficient (Wildman–Crippen LogP) is 2.08. The maximum atomic E-state index is 12.5. The van der Waals surface area contributed by atoms with E-state index < -0.39 is 0 Å². The third-order valence-corrected chi connectivity index (χ3v) is 3.81. The lowest BCUT2D eigenvalue weighted by Crippen LogP contribution is -2.44. The van der Waals surface area contributed by atoms with Crippen molar-refractivity contribution in [3.8, 4) is 5.75 Å². The number of phenols is 1. The van der Waals surface area contributed by atoms with E-state index in [4.69, 9.17) is 5.11 Å². The first-order valence-corrected chi connectivity index (χ1v) is 6.85. The number of rotatable bonds is 3. The quantitative estimate of drug-likeness (QED) is 0.877. The van der Waals surface area contributed by atoms with Gasteiger partial charge in [0.1, 0.15) is 5.75 Å². The monoisotopic (exact) mass is 263 g/mol. The van der Waals surface area contributed by atoms with Crippen LogP contribution in [0.4, 0.5) is 0 Å². The molecule has 1 aliphatic heterocycles. The van der Waals surface area contributed by atoms with Crippen LogP contribution in [0.3, 0.4) is 0 Å². The Morgan fingerprint density at radius 3 is 2.89 bits per heavy atom. The highest BCUT2D eigenvalue weighted by molar-refractivity contribution is 5.95. The largest absolute Gasteiger partial charge is 0.508 e. The van der Waals surface area contributed by atoms with Crippen LogP contribution >= 0.6 is 0 Å². The summed E-state index contributed by atoms with van der Waals surface area (Å²) in [6.45, 7) is 2.64. The van der Waals surface area contributed by atoms with Crippen LogP contribution in [0.1, 0.15) is 41.6 Å². The Kier molecular flexibility index (Phi) is 4.43. The molecule has 1 unspecified atom stereocenters. The minimum Gasteiger partial charge on any atom is -0.508 e. The first kappa shape index (κ1) is 13.9. The number of amides is 1. The van der Waals surface area contributed by atoms with Gasteiger partial charge in [0.2, 0.25) is 0 Å². The third kappa shape index (κ3) is 3.07. The fourth-order valence-electron chi connectivity index (χ4n) is 2.63. The van der Waals surface area contributed by atoms with Gasteiger partial charge in [0.05, 0.1) is 0 Å². The zero-order valence-electron chi connectivity index (χ0n) is 11.3. The van der Waals surface area contributed by atoms with Crippen LogP contribution in [0.25, 0.3) is 0 Å². The lowest BCUT2D eigenvalue weighted by molar-refractivity contribution is 0.0574. The number of aliphatic hydroxyl groups excluding tert-OH is 1. The molecule has 1 aliphatic rings. The highest BCUT2D eigenvalue weighted by atomic mass is 16.3. The van der Waals surface area contributed by atoms with Gasteiger partial charge in [0.25, 0.3) is 5.91 Å². The van der Waals surface area contributed by atoms with Gasteiger partial charge in [-0.25, -0.2) is 0 Å². The summed E-state index contributed by atoms with van der Waals surface area (Å²) < 4.78 is 0. The Balaban J connectivity index is 2.18. The summed E-state index contributed by atoms with van der Waals surface area (Å²) in [5, 5.41) is 18.8. The van der Waals surface area contributed by atoms with E-state index in [0.717, 1.165) is 31.4 Å². The van der Waals surface area contributed by atoms with E-state index in [0.29, 0.717) is 12.0 Å². The summed E-state index contributed by atoms with van der Waals surface area (Å²) in [5.41, 5.74) is 1.29. The van der Waals surface area contributed by atoms with Gasteiger partial charge in [-0.1, -0.05) is 6.07 Å². The first-order valence-electron chi connectivity index (χ1n) is 6.85. The molecule has 0 saturated carbocycles. The van der Waals surface area contributed by atoms with Crippen LogP contribution in [-0.2, 0) is 0 Å². The normalized spacial score (nSPS) is 19.5. The summed E-state index contributed by atoms with van der Waals surface area (Å²) in [5.74, 6) is 0.106. The summed E-state index contributed by atoms with van der Waals surface area (Å²) in [4.78, 5) is 14.3. The smallest absolute Gasteiger partial charge is 0.254 e. The molecule has 1 saturated heterocycles. The molecule has 19 heavy (non-hydrogen) atoms. The molecule has 1 amide bonds. The van der Waals surface area contributed by atoms with Crippen molar-refractivity contribution in [2.45, 2.75) is 38.6 Å². The van der Waals surface area contributed by atoms with Crippen molar-refractivity contribution in [2.24, 2.45) is 0 Å². The highest BCUT2D eigenvalue weighted by Gasteiger charge is 2.27. The van der Waals surface area contributed by atoms with Crippen LogP contribution in [0, 0.1) is 6.92 Å². The molecule has 1 atom stereocenters. The molecular formula is C15H21NO3. The first-order chi connectivity index (χ1) is 9.13. The minimum atomic E-state index is -0.0477. The van der Waals surface area contributed by atoms with Gasteiger partial charge in [-0.2, -0.15) is 0 Å². The van der Waals surface area contributed by atoms with Gasteiger partial charge in [0.15, 0.2) is 0 Å². The van der Waals surface area contributed by atoms with Gasteiger partial charge < -0.3 is 15.1 Å². The molecule has 104 valence electrons. The second kappa shape index (κ2) is 6.06. The van der Waals surface area contributed by atoms with E-state index in [2.05, 4.69) is 0 Å². The number of benzene rings is 1. The number of piperidine rings is 1. The molecule has 0 aromatic heterocycles. The number of aliphatic hydroxyl groups is 1. The van der Waals surface area contributed by atoms with Crippen LogP contribution in [-0.4, -0.2) is 40.2 Å². The number of hydrogen-bond donors (Lipinski definition) is 2. The molecule has 2 N–H and O–H groups in total. The van der Waals surface area contributed by atoms with E-state index in [1.54, 1.807) is 19.1 Å². The molecule has 1 aromatic carbocycles. The third-order valence-electron chi connectivity index (χ3n) is 3.81. The summed E-state index contributed by atoms with van der Waals surface area (Å²) in [7, 11) is 0. The molecule has 0 aliphatic carbocycles. The molecule has 4 heteroatoms. The van der Waals surface area contributed by atoms with Gasteiger partial charge in [0, 0.05) is 24.8 Å². The Bertz CT molecular complexity index is 457. The number of nitrogens with zero attached hydrogens (tertiary/aromatic N) is 1. The number of aryl methyl sites for hydroxylation is 1. The maximum Gasteiger partial charge on any atom is 0.254 e. The molecular weight excluding hydrogens is 242 g/mol. The van der Waals surface area contributed by atoms with E-state index in [1.165, 1.54) is 6.07 Å². The molecule has 0 spiro atoms. The van der Waals surface area contributed by atoms with Crippen molar-refractivity contribution in [2.75, 3.05) is 13.2 Å². The van der Waals surface area contributed by atoms with Crippen molar-refractivity contribution in [3.05, 3.63) is 29.3 Å². The van der Waals surface area contributed by atoms with Crippen molar-refractivity contribution in [1.82, 2.24) is 4.90 Å². The maximum absolute atomic E-state index is 12.5. The van der Waals surface area contributed by atoms with Gasteiger partial charge >= 0.3 is 0 Å². The fraction of sp³-hybridized carbons (Fsp3) is 0.533. The average Bonchev–Trinajstić information content (AvgIpc) is 2.42.